The minimum absolute atomic E-state index is 0.572. The van der Waals surface area contributed by atoms with Crippen molar-refractivity contribution >= 4 is 21.6 Å². The highest BCUT2D eigenvalue weighted by molar-refractivity contribution is 9.10. The van der Waals surface area contributed by atoms with Gasteiger partial charge in [0.05, 0.1) is 13.2 Å². The van der Waals surface area contributed by atoms with Gasteiger partial charge in [0.1, 0.15) is 5.75 Å². The molecule has 0 bridgehead atoms. The summed E-state index contributed by atoms with van der Waals surface area (Å²) in [6.45, 7) is 3.99. The molecule has 2 aromatic carbocycles. The van der Waals surface area contributed by atoms with Crippen molar-refractivity contribution in [2.75, 3.05) is 19.0 Å². The van der Waals surface area contributed by atoms with Crippen molar-refractivity contribution in [3.05, 3.63) is 58.1 Å². The van der Waals surface area contributed by atoms with Crippen LogP contribution in [0.5, 0.6) is 5.75 Å². The van der Waals surface area contributed by atoms with Crippen molar-refractivity contribution in [3.63, 3.8) is 0 Å². The van der Waals surface area contributed by atoms with E-state index in [0.29, 0.717) is 13.2 Å². The first-order valence-corrected chi connectivity index (χ1v) is 7.75. The summed E-state index contributed by atoms with van der Waals surface area (Å²) in [6.07, 6.45) is 0. The van der Waals surface area contributed by atoms with Gasteiger partial charge in [-0.15, -0.1) is 0 Å². The minimum atomic E-state index is 0.572. The Morgan fingerprint density at radius 3 is 2.71 bits per heavy atom. The third-order valence-corrected chi connectivity index (χ3v) is 3.84. The van der Waals surface area contributed by atoms with Gasteiger partial charge in [-0.25, -0.2) is 0 Å². The molecule has 0 heterocycles. The van der Waals surface area contributed by atoms with E-state index in [0.717, 1.165) is 28.0 Å². The second-order valence-corrected chi connectivity index (χ2v) is 5.49. The minimum Gasteiger partial charge on any atom is -0.494 e. The second kappa shape index (κ2) is 8.05. The van der Waals surface area contributed by atoms with E-state index >= 15 is 0 Å². The molecule has 0 saturated carbocycles. The number of nitrogens with one attached hydrogen (secondary N) is 1. The summed E-state index contributed by atoms with van der Waals surface area (Å²) < 4.78 is 11.8. The Bertz CT molecular complexity index is 587. The fourth-order valence-corrected chi connectivity index (χ4v) is 2.61. The molecule has 4 heteroatoms. The predicted octanol–water partition coefficient (Wildman–Crippen LogP) is 4.61. The van der Waals surface area contributed by atoms with Crippen LogP contribution in [0.4, 0.5) is 5.69 Å². The van der Waals surface area contributed by atoms with Crippen molar-refractivity contribution in [2.45, 2.75) is 20.1 Å². The van der Waals surface area contributed by atoms with Gasteiger partial charge in [-0.1, -0.05) is 34.1 Å². The number of rotatable bonds is 7. The van der Waals surface area contributed by atoms with E-state index in [1.54, 1.807) is 7.11 Å². The van der Waals surface area contributed by atoms with E-state index in [1.165, 1.54) is 5.56 Å². The highest BCUT2D eigenvalue weighted by atomic mass is 79.9. The van der Waals surface area contributed by atoms with Crippen LogP contribution in [0.15, 0.2) is 46.9 Å². The Morgan fingerprint density at radius 1 is 1.14 bits per heavy atom. The van der Waals surface area contributed by atoms with Crippen LogP contribution in [0.25, 0.3) is 0 Å². The molecule has 1 N–H and O–H groups in total. The number of ether oxygens (including phenoxy) is 2. The molecule has 21 heavy (non-hydrogen) atoms. The molecule has 0 aromatic heterocycles. The maximum atomic E-state index is 5.52. The van der Waals surface area contributed by atoms with Crippen LogP contribution in [0, 0.1) is 0 Å². The van der Waals surface area contributed by atoms with Gasteiger partial charge < -0.3 is 14.8 Å². The number of halogens is 1. The Morgan fingerprint density at radius 2 is 1.95 bits per heavy atom. The zero-order valence-corrected chi connectivity index (χ0v) is 13.9. The Labute approximate surface area is 134 Å². The fourth-order valence-electron chi connectivity index (χ4n) is 2.12. The molecule has 3 nitrogen and oxygen atoms in total. The van der Waals surface area contributed by atoms with Crippen molar-refractivity contribution in [1.29, 1.82) is 0 Å². The van der Waals surface area contributed by atoms with Crippen LogP contribution in [-0.2, 0) is 17.9 Å². The summed E-state index contributed by atoms with van der Waals surface area (Å²) in [5.74, 6) is 0.906. The third kappa shape index (κ3) is 4.48. The van der Waals surface area contributed by atoms with Crippen LogP contribution in [0.1, 0.15) is 18.1 Å². The molecule has 0 spiro atoms. The molecule has 0 fully saturated rings. The van der Waals surface area contributed by atoms with Gasteiger partial charge in [-0.2, -0.15) is 0 Å². The topological polar surface area (TPSA) is 30.5 Å². The van der Waals surface area contributed by atoms with Gasteiger partial charge in [-0.05, 0) is 36.8 Å². The summed E-state index contributed by atoms with van der Waals surface area (Å²) in [6, 6.07) is 14.2. The highest BCUT2D eigenvalue weighted by Gasteiger charge is 2.06. The third-order valence-electron chi connectivity index (χ3n) is 3.10. The van der Waals surface area contributed by atoms with Crippen LogP contribution in [-0.4, -0.2) is 13.7 Å². The zero-order valence-electron chi connectivity index (χ0n) is 12.4. The van der Waals surface area contributed by atoms with Crippen LogP contribution in [0.2, 0.25) is 0 Å². The number of hydrogen-bond donors (Lipinski definition) is 1. The number of methoxy groups -OCH3 is 1. The maximum absolute atomic E-state index is 5.52. The monoisotopic (exact) mass is 349 g/mol. The summed E-state index contributed by atoms with van der Waals surface area (Å²) in [5.41, 5.74) is 3.39. The van der Waals surface area contributed by atoms with Crippen LogP contribution >= 0.6 is 15.9 Å². The van der Waals surface area contributed by atoms with Crippen molar-refractivity contribution in [1.82, 2.24) is 0 Å². The fraction of sp³-hybridized carbons (Fsp3) is 0.294. The van der Waals surface area contributed by atoms with E-state index in [4.69, 9.17) is 9.47 Å². The average molecular weight is 350 g/mol. The quantitative estimate of drug-likeness (QED) is 0.791. The average Bonchev–Trinajstić information content (AvgIpc) is 2.49. The lowest BCUT2D eigenvalue weighted by atomic mass is 10.1. The van der Waals surface area contributed by atoms with E-state index in [1.807, 2.05) is 31.2 Å². The first-order chi connectivity index (χ1) is 10.2. The van der Waals surface area contributed by atoms with Crippen molar-refractivity contribution in [2.24, 2.45) is 0 Å². The first kappa shape index (κ1) is 15.9. The summed E-state index contributed by atoms with van der Waals surface area (Å²) in [7, 11) is 1.70. The van der Waals surface area contributed by atoms with Crippen molar-refractivity contribution < 1.29 is 9.47 Å². The predicted molar refractivity (Wildman–Crippen MR) is 89.8 cm³/mol. The van der Waals surface area contributed by atoms with E-state index in [-0.39, 0.29) is 0 Å². The second-order valence-electron chi connectivity index (χ2n) is 4.63. The lowest BCUT2D eigenvalue weighted by Crippen LogP contribution is -2.04. The number of benzene rings is 2. The lowest BCUT2D eigenvalue weighted by molar-refractivity contribution is 0.185. The van der Waals surface area contributed by atoms with E-state index < -0.39 is 0 Å². The standard InChI is InChI=1S/C17H20BrNO2/c1-3-21-14-7-4-6-13(10-14)11-19-17-9-5-8-16(18)15(17)12-20-2/h4-10,19H,3,11-12H2,1-2H3. The molecule has 0 amide bonds. The number of hydrogen-bond acceptors (Lipinski definition) is 3. The molecular formula is C17H20BrNO2. The zero-order chi connectivity index (χ0) is 15.1. The van der Waals surface area contributed by atoms with Gasteiger partial charge >= 0.3 is 0 Å². The molecule has 2 rings (SSSR count). The molecule has 0 unspecified atom stereocenters. The van der Waals surface area contributed by atoms with Gasteiger partial charge in [0.2, 0.25) is 0 Å². The van der Waals surface area contributed by atoms with Crippen molar-refractivity contribution in [3.8, 4) is 5.75 Å². The van der Waals surface area contributed by atoms with Crippen LogP contribution < -0.4 is 10.1 Å². The van der Waals surface area contributed by atoms with E-state index in [9.17, 15) is 0 Å². The smallest absolute Gasteiger partial charge is 0.119 e. The summed E-state index contributed by atoms with van der Waals surface area (Å²) >= 11 is 3.57. The normalized spacial score (nSPS) is 10.4. The number of anilines is 1. The molecule has 0 saturated heterocycles. The Balaban J connectivity index is 2.09. The molecule has 0 aliphatic heterocycles. The Hall–Kier alpha value is -1.52. The van der Waals surface area contributed by atoms with Crippen LogP contribution in [0.3, 0.4) is 0 Å². The molecule has 112 valence electrons. The summed E-state index contributed by atoms with van der Waals surface area (Å²) in [4.78, 5) is 0. The molecule has 0 aliphatic carbocycles. The maximum Gasteiger partial charge on any atom is 0.119 e. The van der Waals surface area contributed by atoms with E-state index in [2.05, 4.69) is 39.4 Å². The molecular weight excluding hydrogens is 330 g/mol. The first-order valence-electron chi connectivity index (χ1n) is 6.96. The Kier molecular flexibility index (Phi) is 6.08. The molecule has 0 atom stereocenters. The molecule has 0 radical (unpaired) electrons. The highest BCUT2D eigenvalue weighted by Crippen LogP contribution is 2.26. The van der Waals surface area contributed by atoms with Gasteiger partial charge in [-0.3, -0.25) is 0 Å². The molecule has 0 aliphatic rings. The largest absolute Gasteiger partial charge is 0.494 e. The molecule has 2 aromatic rings. The SMILES string of the molecule is CCOc1cccc(CNc2cccc(Br)c2COC)c1. The van der Waals surface area contributed by atoms with Gasteiger partial charge in [0.25, 0.3) is 0 Å². The van der Waals surface area contributed by atoms with Gasteiger partial charge in [0.15, 0.2) is 0 Å². The van der Waals surface area contributed by atoms with Gasteiger partial charge in [0, 0.05) is 29.4 Å². The lowest BCUT2D eigenvalue weighted by Gasteiger charge is -2.14. The summed E-state index contributed by atoms with van der Waals surface area (Å²) in [5, 5.41) is 3.46.